The molecule has 134 valence electrons. The van der Waals surface area contributed by atoms with E-state index in [0.29, 0.717) is 37.6 Å². The van der Waals surface area contributed by atoms with Gasteiger partial charge in [0.1, 0.15) is 5.69 Å². The fraction of sp³-hybridized carbons (Fsp3) is 0.333. The second-order valence-electron chi connectivity index (χ2n) is 6.18. The lowest BCUT2D eigenvalue weighted by atomic mass is 10.1. The van der Waals surface area contributed by atoms with Crippen LogP contribution in [0.25, 0.3) is 11.3 Å². The summed E-state index contributed by atoms with van der Waals surface area (Å²) in [4.78, 5) is 27.1. The van der Waals surface area contributed by atoms with Gasteiger partial charge in [-0.15, -0.1) is 0 Å². The molecule has 1 N–H and O–H groups in total. The first-order valence-electron chi connectivity index (χ1n) is 8.51. The molecule has 1 amide bonds. The summed E-state index contributed by atoms with van der Waals surface area (Å²) >= 11 is 0. The van der Waals surface area contributed by atoms with Crippen molar-refractivity contribution in [1.29, 1.82) is 0 Å². The van der Waals surface area contributed by atoms with E-state index in [1.54, 1.807) is 9.47 Å². The Morgan fingerprint density at radius 3 is 2.65 bits per heavy atom. The molecule has 0 radical (unpaired) electrons. The summed E-state index contributed by atoms with van der Waals surface area (Å²) in [7, 11) is 0. The summed E-state index contributed by atoms with van der Waals surface area (Å²) < 4.78 is 6.87. The van der Waals surface area contributed by atoms with Crippen LogP contribution in [0.3, 0.4) is 0 Å². The van der Waals surface area contributed by atoms with Gasteiger partial charge in [-0.1, -0.05) is 30.3 Å². The van der Waals surface area contributed by atoms with E-state index >= 15 is 0 Å². The molecule has 2 aromatic heterocycles. The number of carbonyl (C=O) groups excluding carboxylic acids is 1. The summed E-state index contributed by atoms with van der Waals surface area (Å²) in [5, 5.41) is 10.3. The number of benzene rings is 1. The fourth-order valence-corrected chi connectivity index (χ4v) is 3.13. The minimum Gasteiger partial charge on any atom is -0.480 e. The number of aromatic nitrogens is 4. The maximum atomic E-state index is 12.7. The molecule has 0 saturated carbocycles. The van der Waals surface area contributed by atoms with E-state index in [1.807, 2.05) is 37.3 Å². The van der Waals surface area contributed by atoms with Gasteiger partial charge >= 0.3 is 0 Å². The van der Waals surface area contributed by atoms with Gasteiger partial charge in [0, 0.05) is 13.1 Å². The Balaban J connectivity index is 1.74. The lowest BCUT2D eigenvalue weighted by Gasteiger charge is -2.26. The molecule has 1 fully saturated rings. The number of hydrogen-bond donors (Lipinski definition) is 1. The molecule has 26 heavy (non-hydrogen) atoms. The van der Waals surface area contributed by atoms with E-state index in [1.165, 1.54) is 6.20 Å². The van der Waals surface area contributed by atoms with Gasteiger partial charge in [-0.2, -0.15) is 4.98 Å². The molecule has 0 bridgehead atoms. The number of nitrogens with zero attached hydrogens (tertiary/aromatic N) is 5. The Morgan fingerprint density at radius 2 is 1.92 bits per heavy atom. The predicted octanol–water partition coefficient (Wildman–Crippen LogP) is 1.61. The number of fused-ring (bicyclic) bond motifs is 1. The molecule has 1 atom stereocenters. The zero-order chi connectivity index (χ0) is 18.1. The first-order chi connectivity index (χ1) is 12.6. The monoisotopic (exact) mass is 353 g/mol. The van der Waals surface area contributed by atoms with Gasteiger partial charge in [-0.3, -0.25) is 9.36 Å². The highest BCUT2D eigenvalue weighted by Crippen LogP contribution is 2.27. The second kappa shape index (κ2) is 6.72. The van der Waals surface area contributed by atoms with Crippen LogP contribution in [0.2, 0.25) is 0 Å². The highest BCUT2D eigenvalue weighted by Gasteiger charge is 2.23. The van der Waals surface area contributed by atoms with Crippen LogP contribution in [0.4, 0.5) is 0 Å². The van der Waals surface area contributed by atoms with Crippen LogP contribution >= 0.6 is 0 Å². The van der Waals surface area contributed by atoms with Crippen molar-refractivity contribution in [1.82, 2.24) is 24.4 Å². The van der Waals surface area contributed by atoms with E-state index in [-0.39, 0.29) is 23.7 Å². The summed E-state index contributed by atoms with van der Waals surface area (Å²) in [5.74, 6) is -0.192. The van der Waals surface area contributed by atoms with Gasteiger partial charge in [0.05, 0.1) is 25.5 Å². The van der Waals surface area contributed by atoms with E-state index in [2.05, 4.69) is 15.0 Å². The first kappa shape index (κ1) is 16.5. The largest absolute Gasteiger partial charge is 0.480 e. The lowest BCUT2D eigenvalue weighted by molar-refractivity contribution is 0.0299. The third-order valence-corrected chi connectivity index (χ3v) is 4.57. The highest BCUT2D eigenvalue weighted by molar-refractivity contribution is 5.93. The van der Waals surface area contributed by atoms with E-state index in [9.17, 15) is 9.90 Å². The molecule has 1 aliphatic heterocycles. The topological polar surface area (TPSA) is 93.4 Å². The Bertz CT molecular complexity index is 935. The SMILES string of the molecule is CC(c1ccccc1)n1c(O)nc2ncc(C(=O)N3CCOCC3)nc21. The van der Waals surface area contributed by atoms with Crippen molar-refractivity contribution in [3.05, 3.63) is 47.8 Å². The summed E-state index contributed by atoms with van der Waals surface area (Å²) in [6, 6.07) is 9.35. The molecule has 1 aromatic carbocycles. The van der Waals surface area contributed by atoms with Gasteiger partial charge in [0.15, 0.2) is 5.65 Å². The van der Waals surface area contributed by atoms with Crippen molar-refractivity contribution in [2.75, 3.05) is 26.3 Å². The Hall–Kier alpha value is -3.00. The van der Waals surface area contributed by atoms with Crippen LogP contribution < -0.4 is 0 Å². The Morgan fingerprint density at radius 1 is 1.19 bits per heavy atom. The number of rotatable bonds is 3. The van der Waals surface area contributed by atoms with Gasteiger partial charge < -0.3 is 14.7 Å². The van der Waals surface area contributed by atoms with Crippen molar-refractivity contribution in [3.8, 4) is 6.01 Å². The van der Waals surface area contributed by atoms with Crippen molar-refractivity contribution in [2.45, 2.75) is 13.0 Å². The molecule has 4 rings (SSSR count). The van der Waals surface area contributed by atoms with E-state index in [4.69, 9.17) is 4.74 Å². The Labute approximate surface area is 150 Å². The van der Waals surface area contributed by atoms with Gasteiger partial charge in [-0.05, 0) is 12.5 Å². The molecule has 8 nitrogen and oxygen atoms in total. The Kier molecular flexibility index (Phi) is 4.26. The van der Waals surface area contributed by atoms with Crippen LogP contribution in [0.15, 0.2) is 36.5 Å². The van der Waals surface area contributed by atoms with Crippen LogP contribution in [-0.2, 0) is 4.74 Å². The molecular weight excluding hydrogens is 334 g/mol. The van der Waals surface area contributed by atoms with Crippen LogP contribution in [-0.4, -0.2) is 61.7 Å². The minimum absolute atomic E-state index is 0.174. The molecule has 0 aliphatic carbocycles. The number of aromatic hydroxyl groups is 1. The van der Waals surface area contributed by atoms with Crippen LogP contribution in [0.5, 0.6) is 6.01 Å². The third kappa shape index (κ3) is 2.88. The van der Waals surface area contributed by atoms with Gasteiger partial charge in [0.2, 0.25) is 5.65 Å². The second-order valence-corrected chi connectivity index (χ2v) is 6.18. The average Bonchev–Trinajstić information content (AvgIpc) is 3.03. The first-order valence-corrected chi connectivity index (χ1v) is 8.51. The average molecular weight is 353 g/mol. The van der Waals surface area contributed by atoms with Crippen molar-refractivity contribution in [3.63, 3.8) is 0 Å². The number of imidazole rings is 1. The fourth-order valence-electron chi connectivity index (χ4n) is 3.13. The third-order valence-electron chi connectivity index (χ3n) is 4.57. The van der Waals surface area contributed by atoms with E-state index in [0.717, 1.165) is 5.56 Å². The zero-order valence-corrected chi connectivity index (χ0v) is 14.4. The normalized spacial score (nSPS) is 16.0. The highest BCUT2D eigenvalue weighted by atomic mass is 16.5. The maximum Gasteiger partial charge on any atom is 0.298 e. The van der Waals surface area contributed by atoms with Crippen LogP contribution in [0.1, 0.15) is 29.0 Å². The number of carbonyl (C=O) groups is 1. The minimum atomic E-state index is -0.204. The van der Waals surface area contributed by atoms with Crippen molar-refractivity contribution in [2.24, 2.45) is 0 Å². The molecule has 3 aromatic rings. The molecule has 8 heteroatoms. The van der Waals surface area contributed by atoms with E-state index < -0.39 is 0 Å². The number of ether oxygens (including phenoxy) is 1. The maximum absolute atomic E-state index is 12.7. The smallest absolute Gasteiger partial charge is 0.298 e. The number of morpholine rings is 1. The summed E-state index contributed by atoms with van der Waals surface area (Å²) in [5.41, 5.74) is 1.93. The molecule has 0 spiro atoms. The molecule has 1 unspecified atom stereocenters. The number of hydrogen-bond acceptors (Lipinski definition) is 6. The molecule has 1 aliphatic rings. The summed E-state index contributed by atoms with van der Waals surface area (Å²) in [6.07, 6.45) is 1.41. The predicted molar refractivity (Wildman–Crippen MR) is 94.0 cm³/mol. The quantitative estimate of drug-likeness (QED) is 0.769. The standard InChI is InChI=1S/C18H19N5O3/c1-12(13-5-3-2-4-6-13)23-16-15(21-18(23)25)19-11-14(20-16)17(24)22-7-9-26-10-8-22/h2-6,11-12H,7-10H2,1H3,(H,19,21,25). The summed E-state index contributed by atoms with van der Waals surface area (Å²) in [6.45, 7) is 4.04. The van der Waals surface area contributed by atoms with Crippen LogP contribution in [0, 0.1) is 0 Å². The molecular formula is C18H19N5O3. The number of amides is 1. The lowest BCUT2D eigenvalue weighted by Crippen LogP contribution is -2.41. The zero-order valence-electron chi connectivity index (χ0n) is 14.4. The van der Waals surface area contributed by atoms with Gasteiger partial charge in [0.25, 0.3) is 11.9 Å². The van der Waals surface area contributed by atoms with Gasteiger partial charge in [-0.25, -0.2) is 9.97 Å². The molecule has 1 saturated heterocycles. The van der Waals surface area contributed by atoms with Crippen molar-refractivity contribution < 1.29 is 14.6 Å². The molecule has 3 heterocycles. The van der Waals surface area contributed by atoms with Crippen molar-refractivity contribution >= 4 is 17.2 Å².